The first-order valence-corrected chi connectivity index (χ1v) is 7.84. The minimum atomic E-state index is -0.359. The Balaban J connectivity index is 0.00000110. The molecule has 1 saturated carbocycles. The SMILES string of the molecule is CC(C)(NC(=O)C1CC12CCNCC2)c1nccs1.Cl.Cl. The molecule has 2 aliphatic rings. The van der Waals surface area contributed by atoms with E-state index in [1.54, 1.807) is 17.5 Å². The quantitative estimate of drug-likeness (QED) is 0.880. The van der Waals surface area contributed by atoms with Crippen molar-refractivity contribution in [3.63, 3.8) is 0 Å². The van der Waals surface area contributed by atoms with Gasteiger partial charge in [-0.2, -0.15) is 0 Å². The first-order valence-electron chi connectivity index (χ1n) is 6.96. The summed E-state index contributed by atoms with van der Waals surface area (Å²) in [6, 6.07) is 0. The van der Waals surface area contributed by atoms with E-state index in [0.717, 1.165) is 37.4 Å². The van der Waals surface area contributed by atoms with Crippen LogP contribution >= 0.6 is 36.2 Å². The number of nitrogens with one attached hydrogen (secondary N) is 2. The van der Waals surface area contributed by atoms with Crippen LogP contribution in [0.15, 0.2) is 11.6 Å². The van der Waals surface area contributed by atoms with E-state index in [0.29, 0.717) is 5.41 Å². The molecule has 1 aliphatic heterocycles. The van der Waals surface area contributed by atoms with Crippen LogP contribution in [0.25, 0.3) is 0 Å². The van der Waals surface area contributed by atoms with Crippen molar-refractivity contribution in [2.45, 2.75) is 38.6 Å². The highest BCUT2D eigenvalue weighted by atomic mass is 35.5. The minimum Gasteiger partial charge on any atom is -0.344 e. The smallest absolute Gasteiger partial charge is 0.224 e. The van der Waals surface area contributed by atoms with Crippen LogP contribution in [0.5, 0.6) is 0 Å². The maximum atomic E-state index is 12.4. The Hall–Kier alpha value is -0.360. The Morgan fingerprint density at radius 2 is 2.10 bits per heavy atom. The number of rotatable bonds is 3. The van der Waals surface area contributed by atoms with E-state index < -0.39 is 0 Å². The molecule has 0 bridgehead atoms. The molecule has 1 atom stereocenters. The molecular weight excluding hydrogens is 329 g/mol. The normalized spacial score (nSPS) is 22.9. The number of thiazole rings is 1. The largest absolute Gasteiger partial charge is 0.344 e. The third-order valence-corrected chi connectivity index (χ3v) is 5.61. The van der Waals surface area contributed by atoms with Crippen molar-refractivity contribution in [1.82, 2.24) is 15.6 Å². The number of halogens is 2. The fourth-order valence-electron chi connectivity index (χ4n) is 3.18. The van der Waals surface area contributed by atoms with E-state index in [4.69, 9.17) is 0 Å². The van der Waals surface area contributed by atoms with Crippen LogP contribution in [0.3, 0.4) is 0 Å². The van der Waals surface area contributed by atoms with Gasteiger partial charge in [-0.25, -0.2) is 4.98 Å². The lowest BCUT2D eigenvalue weighted by molar-refractivity contribution is -0.125. The summed E-state index contributed by atoms with van der Waals surface area (Å²) >= 11 is 1.60. The summed E-state index contributed by atoms with van der Waals surface area (Å²) < 4.78 is 0. The molecule has 2 heterocycles. The lowest BCUT2D eigenvalue weighted by Gasteiger charge is -2.26. The van der Waals surface area contributed by atoms with Crippen LogP contribution in [0.4, 0.5) is 0 Å². The number of amides is 1. The molecule has 0 aromatic carbocycles. The summed E-state index contributed by atoms with van der Waals surface area (Å²) in [6.45, 7) is 6.17. The Morgan fingerprint density at radius 3 is 2.67 bits per heavy atom. The maximum absolute atomic E-state index is 12.4. The van der Waals surface area contributed by atoms with Crippen molar-refractivity contribution < 1.29 is 4.79 Å². The number of hydrogen-bond acceptors (Lipinski definition) is 4. The van der Waals surface area contributed by atoms with E-state index in [1.165, 1.54) is 0 Å². The van der Waals surface area contributed by atoms with E-state index in [1.807, 2.05) is 19.2 Å². The summed E-state index contributed by atoms with van der Waals surface area (Å²) in [6.07, 6.45) is 5.14. The molecule has 2 fully saturated rings. The molecule has 1 aromatic heterocycles. The van der Waals surface area contributed by atoms with Crippen molar-refractivity contribution in [2.75, 3.05) is 13.1 Å². The first-order chi connectivity index (χ1) is 9.04. The highest BCUT2D eigenvalue weighted by Gasteiger charge is 2.58. The number of carbonyl (C=O) groups is 1. The molecule has 120 valence electrons. The van der Waals surface area contributed by atoms with Crippen LogP contribution in [-0.2, 0) is 10.3 Å². The number of carbonyl (C=O) groups excluding carboxylic acids is 1. The standard InChI is InChI=1S/C14H21N3OS.2ClH/c1-13(2,12-16-7-8-19-12)17-11(18)10-9-14(10)3-5-15-6-4-14;;/h7-8,10,15H,3-6,9H2,1-2H3,(H,17,18);2*1H. The average molecular weight is 352 g/mol. The zero-order valence-electron chi connectivity index (χ0n) is 12.3. The molecule has 1 amide bonds. The van der Waals surface area contributed by atoms with E-state index in [-0.39, 0.29) is 42.2 Å². The molecule has 1 aliphatic carbocycles. The highest BCUT2D eigenvalue weighted by Crippen LogP contribution is 2.58. The summed E-state index contributed by atoms with van der Waals surface area (Å²) in [5.41, 5.74) is -0.0593. The number of aromatic nitrogens is 1. The van der Waals surface area contributed by atoms with Gasteiger partial charge in [0, 0.05) is 17.5 Å². The third kappa shape index (κ3) is 3.70. The topological polar surface area (TPSA) is 54.0 Å². The summed E-state index contributed by atoms with van der Waals surface area (Å²) in [5, 5.41) is 9.48. The number of hydrogen-bond donors (Lipinski definition) is 2. The van der Waals surface area contributed by atoms with Gasteiger partial charge in [0.05, 0.1) is 5.54 Å². The molecule has 1 spiro atoms. The van der Waals surface area contributed by atoms with Gasteiger partial charge in [0.2, 0.25) is 5.91 Å². The molecule has 7 heteroatoms. The van der Waals surface area contributed by atoms with Gasteiger partial charge in [-0.05, 0) is 51.6 Å². The molecule has 1 aromatic rings. The van der Waals surface area contributed by atoms with Crippen molar-refractivity contribution in [2.24, 2.45) is 11.3 Å². The molecule has 1 unspecified atom stereocenters. The van der Waals surface area contributed by atoms with Gasteiger partial charge in [0.1, 0.15) is 5.01 Å². The van der Waals surface area contributed by atoms with Crippen LogP contribution in [0.1, 0.15) is 38.1 Å². The van der Waals surface area contributed by atoms with Crippen molar-refractivity contribution in [3.8, 4) is 0 Å². The monoisotopic (exact) mass is 351 g/mol. The first kappa shape index (κ1) is 18.7. The lowest BCUT2D eigenvalue weighted by Crippen LogP contribution is -2.43. The van der Waals surface area contributed by atoms with Gasteiger partial charge < -0.3 is 10.6 Å². The molecule has 1 saturated heterocycles. The van der Waals surface area contributed by atoms with Crippen LogP contribution in [0.2, 0.25) is 0 Å². The zero-order chi connectivity index (χ0) is 13.5. The summed E-state index contributed by atoms with van der Waals surface area (Å²) in [7, 11) is 0. The van der Waals surface area contributed by atoms with E-state index in [9.17, 15) is 4.79 Å². The second-order valence-corrected chi connectivity index (χ2v) is 7.22. The fraction of sp³-hybridized carbons (Fsp3) is 0.714. The van der Waals surface area contributed by atoms with Gasteiger partial charge in [0.25, 0.3) is 0 Å². The van der Waals surface area contributed by atoms with Crippen LogP contribution in [-0.4, -0.2) is 24.0 Å². The van der Waals surface area contributed by atoms with Crippen molar-refractivity contribution >= 4 is 42.1 Å². The Kier molecular flexibility index (Phi) is 6.07. The molecule has 2 N–H and O–H groups in total. The zero-order valence-corrected chi connectivity index (χ0v) is 14.8. The number of piperidine rings is 1. The number of nitrogens with zero attached hydrogens (tertiary/aromatic N) is 1. The highest BCUT2D eigenvalue weighted by molar-refractivity contribution is 7.09. The average Bonchev–Trinajstić information content (AvgIpc) is 2.84. The fourth-order valence-corrected chi connectivity index (χ4v) is 3.89. The predicted molar refractivity (Wildman–Crippen MR) is 90.4 cm³/mol. The molecule has 21 heavy (non-hydrogen) atoms. The minimum absolute atomic E-state index is 0. The van der Waals surface area contributed by atoms with Crippen molar-refractivity contribution in [1.29, 1.82) is 0 Å². The third-order valence-electron chi connectivity index (χ3n) is 4.51. The van der Waals surface area contributed by atoms with E-state index >= 15 is 0 Å². The van der Waals surface area contributed by atoms with E-state index in [2.05, 4.69) is 15.6 Å². The second kappa shape index (κ2) is 6.82. The van der Waals surface area contributed by atoms with Gasteiger partial charge in [0.15, 0.2) is 0 Å². The Morgan fingerprint density at radius 1 is 1.43 bits per heavy atom. The molecule has 3 rings (SSSR count). The van der Waals surface area contributed by atoms with Gasteiger partial charge >= 0.3 is 0 Å². The molecular formula is C14H23Cl2N3OS. The lowest BCUT2D eigenvalue weighted by atomic mass is 9.91. The van der Waals surface area contributed by atoms with Crippen LogP contribution < -0.4 is 10.6 Å². The molecule has 0 radical (unpaired) electrons. The summed E-state index contributed by atoms with van der Waals surface area (Å²) in [4.78, 5) is 16.8. The second-order valence-electron chi connectivity index (χ2n) is 6.32. The Bertz CT molecular complexity index is 473. The van der Waals surface area contributed by atoms with Crippen molar-refractivity contribution in [3.05, 3.63) is 16.6 Å². The van der Waals surface area contributed by atoms with Gasteiger partial charge in [-0.1, -0.05) is 0 Å². The van der Waals surface area contributed by atoms with Crippen LogP contribution in [0, 0.1) is 11.3 Å². The maximum Gasteiger partial charge on any atom is 0.224 e. The Labute approximate surface area is 142 Å². The predicted octanol–water partition coefficient (Wildman–Crippen LogP) is 2.73. The summed E-state index contributed by atoms with van der Waals surface area (Å²) in [5.74, 6) is 0.427. The van der Waals surface area contributed by atoms with Gasteiger partial charge in [-0.3, -0.25) is 4.79 Å². The molecule has 4 nitrogen and oxygen atoms in total. The van der Waals surface area contributed by atoms with Gasteiger partial charge in [-0.15, -0.1) is 36.2 Å².